The van der Waals surface area contributed by atoms with Crippen LogP contribution >= 0.6 is 15.9 Å². The lowest BCUT2D eigenvalue weighted by Gasteiger charge is -2.04. The first kappa shape index (κ1) is 10.9. The number of carbonyl (C=O) groups excluding carboxylic acids is 1. The second-order valence-corrected chi connectivity index (χ2v) is 4.03. The molecular weight excluding hydrogens is 272 g/mol. The number of benzene rings is 1. The van der Waals surface area contributed by atoms with Crippen LogP contribution in [0.15, 0.2) is 39.4 Å². The number of nitrogens with one attached hydrogen (secondary N) is 1. The fourth-order valence-corrected chi connectivity index (χ4v) is 1.60. The van der Waals surface area contributed by atoms with Crippen molar-refractivity contribution in [1.29, 1.82) is 0 Å². The van der Waals surface area contributed by atoms with Crippen LogP contribution in [0.1, 0.15) is 16.4 Å². The monoisotopic (exact) mass is 280 g/mol. The average Bonchev–Trinajstić information content (AvgIpc) is 2.68. The van der Waals surface area contributed by atoms with Crippen LogP contribution in [0.5, 0.6) is 0 Å². The predicted octanol–water partition coefficient (Wildman–Crippen LogP) is 3.00. The summed E-state index contributed by atoms with van der Waals surface area (Å²) in [5, 5.41) is 2.72. The van der Waals surface area contributed by atoms with Crippen LogP contribution in [-0.2, 0) is 0 Å². The second kappa shape index (κ2) is 4.49. The summed E-state index contributed by atoms with van der Waals surface area (Å²) in [7, 11) is 0. The summed E-state index contributed by atoms with van der Waals surface area (Å²) in [5.74, 6) is 0.359. The Bertz CT molecular complexity index is 522. The van der Waals surface area contributed by atoms with Crippen molar-refractivity contribution >= 4 is 27.5 Å². The van der Waals surface area contributed by atoms with Crippen LogP contribution in [0.4, 0.5) is 5.69 Å². The number of carbonyl (C=O) groups is 1. The van der Waals surface area contributed by atoms with Crippen LogP contribution in [0.2, 0.25) is 0 Å². The molecule has 0 atom stereocenters. The molecule has 0 unspecified atom stereocenters. The number of anilines is 1. The van der Waals surface area contributed by atoms with Gasteiger partial charge in [-0.2, -0.15) is 0 Å². The molecule has 0 aliphatic heterocycles. The fraction of sp³-hybridized carbons (Fsp3) is 0.0909. The van der Waals surface area contributed by atoms with Crippen molar-refractivity contribution in [2.75, 3.05) is 5.32 Å². The summed E-state index contributed by atoms with van der Waals surface area (Å²) in [6.07, 6.45) is 1.40. The van der Waals surface area contributed by atoms with Gasteiger partial charge in [-0.05, 0) is 28.1 Å². The minimum atomic E-state index is -0.312. The van der Waals surface area contributed by atoms with Gasteiger partial charge in [0.1, 0.15) is 0 Å². The maximum atomic E-state index is 11.7. The Labute approximate surface area is 101 Å². The van der Waals surface area contributed by atoms with E-state index in [1.54, 1.807) is 13.0 Å². The van der Waals surface area contributed by atoms with Crippen molar-refractivity contribution in [3.63, 3.8) is 0 Å². The Kier molecular flexibility index (Phi) is 3.05. The molecule has 1 heterocycles. The molecule has 1 N–H and O–H groups in total. The third kappa shape index (κ3) is 2.30. The molecule has 2 rings (SSSR count). The van der Waals surface area contributed by atoms with E-state index < -0.39 is 0 Å². The number of para-hydroxylation sites is 1. The van der Waals surface area contributed by atoms with E-state index in [2.05, 4.69) is 26.2 Å². The first-order valence-corrected chi connectivity index (χ1v) is 5.44. The van der Waals surface area contributed by atoms with Gasteiger partial charge in [0, 0.05) is 11.4 Å². The molecule has 0 fully saturated rings. The minimum absolute atomic E-state index is 0.202. The zero-order valence-corrected chi connectivity index (χ0v) is 10.1. The quantitative estimate of drug-likeness (QED) is 0.920. The number of rotatable bonds is 2. The molecular formula is C11H9BrN2O2. The molecule has 0 saturated heterocycles. The van der Waals surface area contributed by atoms with Gasteiger partial charge in [0.15, 0.2) is 5.89 Å². The number of halogens is 1. The Hall–Kier alpha value is -1.62. The minimum Gasteiger partial charge on any atom is -0.436 e. The van der Waals surface area contributed by atoms with E-state index in [-0.39, 0.29) is 11.7 Å². The predicted molar refractivity (Wildman–Crippen MR) is 63.3 cm³/mol. The number of hydrogen-bond acceptors (Lipinski definition) is 3. The fourth-order valence-electron chi connectivity index (χ4n) is 1.21. The highest BCUT2D eigenvalue weighted by molar-refractivity contribution is 9.10. The van der Waals surface area contributed by atoms with Gasteiger partial charge in [0.2, 0.25) is 5.76 Å². The Balaban J connectivity index is 2.17. The third-order valence-corrected chi connectivity index (χ3v) is 2.66. The molecule has 1 amide bonds. The van der Waals surface area contributed by atoms with Crippen molar-refractivity contribution in [2.45, 2.75) is 6.92 Å². The zero-order chi connectivity index (χ0) is 11.5. The van der Waals surface area contributed by atoms with Crippen molar-refractivity contribution in [1.82, 2.24) is 4.98 Å². The summed E-state index contributed by atoms with van der Waals surface area (Å²) < 4.78 is 5.94. The van der Waals surface area contributed by atoms with Gasteiger partial charge < -0.3 is 9.73 Å². The molecule has 1 aromatic heterocycles. The van der Waals surface area contributed by atoms with Crippen LogP contribution in [0, 0.1) is 6.92 Å². The van der Waals surface area contributed by atoms with Gasteiger partial charge in [0.25, 0.3) is 5.91 Å². The van der Waals surface area contributed by atoms with Crippen molar-refractivity contribution in [2.24, 2.45) is 0 Å². The average molecular weight is 281 g/mol. The number of aryl methyl sites for hydroxylation is 1. The largest absolute Gasteiger partial charge is 0.436 e. The van der Waals surface area contributed by atoms with Crippen LogP contribution in [0.3, 0.4) is 0 Å². The first-order chi connectivity index (χ1) is 7.66. The number of hydrogen-bond donors (Lipinski definition) is 1. The molecule has 0 aliphatic rings. The molecule has 82 valence electrons. The second-order valence-electron chi connectivity index (χ2n) is 3.18. The van der Waals surface area contributed by atoms with E-state index in [9.17, 15) is 4.79 Å². The van der Waals surface area contributed by atoms with E-state index in [0.717, 1.165) is 4.47 Å². The number of aromatic nitrogens is 1. The highest BCUT2D eigenvalue weighted by Gasteiger charge is 2.12. The van der Waals surface area contributed by atoms with Gasteiger partial charge in [-0.15, -0.1) is 0 Å². The summed E-state index contributed by atoms with van der Waals surface area (Å²) >= 11 is 3.34. The Morgan fingerprint density at radius 1 is 1.44 bits per heavy atom. The number of nitrogens with zero attached hydrogens (tertiary/aromatic N) is 1. The van der Waals surface area contributed by atoms with Crippen molar-refractivity contribution in [3.05, 3.63) is 46.6 Å². The van der Waals surface area contributed by atoms with E-state index in [1.807, 2.05) is 18.2 Å². The molecule has 0 spiro atoms. The molecule has 1 aromatic carbocycles. The standard InChI is InChI=1S/C11H9BrN2O2/c1-7-13-6-10(16-7)11(15)14-9-5-3-2-4-8(9)12/h2-6H,1H3,(H,14,15). The number of oxazole rings is 1. The molecule has 4 nitrogen and oxygen atoms in total. The summed E-state index contributed by atoms with van der Waals surface area (Å²) in [6.45, 7) is 1.69. The summed E-state index contributed by atoms with van der Waals surface area (Å²) in [6, 6.07) is 7.36. The van der Waals surface area contributed by atoms with Gasteiger partial charge in [-0.1, -0.05) is 12.1 Å². The highest BCUT2D eigenvalue weighted by Crippen LogP contribution is 2.21. The SMILES string of the molecule is Cc1ncc(C(=O)Nc2ccccc2Br)o1. The lowest BCUT2D eigenvalue weighted by atomic mass is 10.3. The smallest absolute Gasteiger partial charge is 0.293 e. The molecule has 0 aliphatic carbocycles. The van der Waals surface area contributed by atoms with E-state index in [1.165, 1.54) is 6.20 Å². The van der Waals surface area contributed by atoms with Crippen molar-refractivity contribution in [3.8, 4) is 0 Å². The Morgan fingerprint density at radius 2 is 2.19 bits per heavy atom. The van der Waals surface area contributed by atoms with Gasteiger partial charge in [0.05, 0.1) is 11.9 Å². The van der Waals surface area contributed by atoms with Crippen LogP contribution in [-0.4, -0.2) is 10.9 Å². The molecule has 0 radical (unpaired) electrons. The molecule has 16 heavy (non-hydrogen) atoms. The normalized spacial score (nSPS) is 10.1. The maximum absolute atomic E-state index is 11.7. The summed E-state index contributed by atoms with van der Waals surface area (Å²) in [5.41, 5.74) is 0.696. The molecule has 0 saturated carbocycles. The van der Waals surface area contributed by atoms with Gasteiger partial charge >= 0.3 is 0 Å². The molecule has 0 bridgehead atoms. The van der Waals surface area contributed by atoms with Crippen LogP contribution < -0.4 is 5.32 Å². The van der Waals surface area contributed by atoms with Crippen molar-refractivity contribution < 1.29 is 9.21 Å². The van der Waals surface area contributed by atoms with E-state index >= 15 is 0 Å². The number of amides is 1. The Morgan fingerprint density at radius 3 is 2.81 bits per heavy atom. The first-order valence-electron chi connectivity index (χ1n) is 4.65. The van der Waals surface area contributed by atoms with E-state index in [4.69, 9.17) is 4.42 Å². The summed E-state index contributed by atoms with van der Waals surface area (Å²) in [4.78, 5) is 15.6. The van der Waals surface area contributed by atoms with E-state index in [0.29, 0.717) is 11.6 Å². The topological polar surface area (TPSA) is 55.1 Å². The van der Waals surface area contributed by atoms with Gasteiger partial charge in [-0.3, -0.25) is 4.79 Å². The third-order valence-electron chi connectivity index (χ3n) is 1.97. The lowest BCUT2D eigenvalue weighted by molar-refractivity contribution is 0.0995. The zero-order valence-electron chi connectivity index (χ0n) is 8.53. The molecule has 2 aromatic rings. The maximum Gasteiger partial charge on any atom is 0.293 e. The highest BCUT2D eigenvalue weighted by atomic mass is 79.9. The lowest BCUT2D eigenvalue weighted by Crippen LogP contribution is -2.11. The van der Waals surface area contributed by atoms with Crippen LogP contribution in [0.25, 0.3) is 0 Å². The molecule has 5 heteroatoms. The van der Waals surface area contributed by atoms with Gasteiger partial charge in [-0.25, -0.2) is 4.98 Å².